The summed E-state index contributed by atoms with van der Waals surface area (Å²) in [5, 5.41) is 4.15. The fourth-order valence-corrected chi connectivity index (χ4v) is 4.11. The van der Waals surface area contributed by atoms with E-state index < -0.39 is 0 Å². The zero-order valence-corrected chi connectivity index (χ0v) is 17.8. The summed E-state index contributed by atoms with van der Waals surface area (Å²) in [7, 11) is 0. The lowest BCUT2D eigenvalue weighted by atomic mass is 10.0. The molecule has 0 atom stereocenters. The third-order valence-corrected chi connectivity index (χ3v) is 6.18. The SMILES string of the molecule is Cc1cc2occ(CC(=O)N3CCC(NC(=O)c4ccccc4C)CC3)c2cc1C. The molecule has 0 radical (unpaired) electrons. The van der Waals surface area contributed by atoms with Crippen LogP contribution in [0, 0.1) is 20.8 Å². The molecule has 156 valence electrons. The number of nitrogens with zero attached hydrogens (tertiary/aromatic N) is 1. The lowest BCUT2D eigenvalue weighted by Crippen LogP contribution is -2.47. The van der Waals surface area contributed by atoms with Gasteiger partial charge in [0.1, 0.15) is 5.58 Å². The second-order valence-electron chi connectivity index (χ2n) is 8.31. The highest BCUT2D eigenvalue weighted by Gasteiger charge is 2.25. The number of piperidine rings is 1. The first kappa shape index (κ1) is 20.2. The average molecular weight is 405 g/mol. The van der Waals surface area contributed by atoms with Crippen LogP contribution in [0.1, 0.15) is 45.5 Å². The number of rotatable bonds is 4. The summed E-state index contributed by atoms with van der Waals surface area (Å²) < 4.78 is 5.67. The Morgan fingerprint density at radius 2 is 1.73 bits per heavy atom. The molecule has 4 rings (SSSR count). The van der Waals surface area contributed by atoms with Crippen LogP contribution in [0.5, 0.6) is 0 Å². The van der Waals surface area contributed by atoms with E-state index in [2.05, 4.69) is 25.2 Å². The molecular formula is C25H28N2O3. The van der Waals surface area contributed by atoms with E-state index in [0.717, 1.165) is 34.9 Å². The fraction of sp³-hybridized carbons (Fsp3) is 0.360. The highest BCUT2D eigenvalue weighted by atomic mass is 16.3. The number of furan rings is 1. The Balaban J connectivity index is 1.34. The number of aryl methyl sites for hydroxylation is 3. The number of amides is 2. The van der Waals surface area contributed by atoms with Crippen molar-refractivity contribution in [2.24, 2.45) is 0 Å². The molecule has 0 unspecified atom stereocenters. The van der Waals surface area contributed by atoms with Gasteiger partial charge in [-0.25, -0.2) is 0 Å². The number of nitrogens with one attached hydrogen (secondary N) is 1. The Hall–Kier alpha value is -3.08. The van der Waals surface area contributed by atoms with Crippen molar-refractivity contribution in [2.75, 3.05) is 13.1 Å². The molecule has 0 spiro atoms. The first-order valence-electron chi connectivity index (χ1n) is 10.5. The van der Waals surface area contributed by atoms with Gasteiger partial charge < -0.3 is 14.6 Å². The summed E-state index contributed by atoms with van der Waals surface area (Å²) in [6, 6.07) is 11.8. The first-order chi connectivity index (χ1) is 14.4. The van der Waals surface area contributed by atoms with Crippen LogP contribution in [0.3, 0.4) is 0 Å². The Morgan fingerprint density at radius 1 is 1.03 bits per heavy atom. The van der Waals surface area contributed by atoms with Gasteiger partial charge in [-0.15, -0.1) is 0 Å². The zero-order valence-electron chi connectivity index (χ0n) is 17.8. The van der Waals surface area contributed by atoms with Gasteiger partial charge in [-0.1, -0.05) is 18.2 Å². The van der Waals surface area contributed by atoms with E-state index in [1.54, 1.807) is 6.26 Å². The molecular weight excluding hydrogens is 376 g/mol. The van der Waals surface area contributed by atoms with Crippen molar-refractivity contribution in [1.82, 2.24) is 10.2 Å². The molecule has 3 aromatic rings. The lowest BCUT2D eigenvalue weighted by Gasteiger charge is -2.32. The minimum absolute atomic E-state index is 0.0339. The third kappa shape index (κ3) is 4.11. The molecule has 1 fully saturated rings. The summed E-state index contributed by atoms with van der Waals surface area (Å²) in [6.45, 7) is 7.39. The molecule has 0 bridgehead atoms. The molecule has 2 heterocycles. The quantitative estimate of drug-likeness (QED) is 0.704. The highest BCUT2D eigenvalue weighted by Crippen LogP contribution is 2.26. The molecule has 1 aliphatic heterocycles. The van der Waals surface area contributed by atoms with E-state index in [0.29, 0.717) is 25.1 Å². The summed E-state index contributed by atoms with van der Waals surface area (Å²) in [6.07, 6.45) is 3.59. The normalized spacial score (nSPS) is 14.8. The first-order valence-corrected chi connectivity index (χ1v) is 10.5. The Kier molecular flexibility index (Phi) is 5.62. The van der Waals surface area contributed by atoms with Crippen LogP contribution in [-0.4, -0.2) is 35.8 Å². The molecule has 1 N–H and O–H groups in total. The number of hydrogen-bond acceptors (Lipinski definition) is 3. The predicted octanol–water partition coefficient (Wildman–Crippen LogP) is 4.32. The standard InChI is InChI=1S/C25H28N2O3/c1-16-6-4-5-7-21(16)25(29)26-20-8-10-27(11-9-20)24(28)14-19-15-30-23-13-18(3)17(2)12-22(19)23/h4-7,12-13,15,20H,8-11,14H2,1-3H3,(H,26,29). The molecule has 1 saturated heterocycles. The maximum Gasteiger partial charge on any atom is 0.251 e. The predicted molar refractivity (Wildman–Crippen MR) is 118 cm³/mol. The smallest absolute Gasteiger partial charge is 0.251 e. The summed E-state index contributed by atoms with van der Waals surface area (Å²) in [4.78, 5) is 27.3. The number of carbonyl (C=O) groups is 2. The average Bonchev–Trinajstić information content (AvgIpc) is 3.10. The molecule has 0 aliphatic carbocycles. The van der Waals surface area contributed by atoms with Crippen LogP contribution in [-0.2, 0) is 11.2 Å². The van der Waals surface area contributed by atoms with Crippen molar-refractivity contribution in [1.29, 1.82) is 0 Å². The molecule has 1 aliphatic rings. The van der Waals surface area contributed by atoms with Crippen LogP contribution in [0.2, 0.25) is 0 Å². The Labute approximate surface area is 177 Å². The number of hydrogen-bond donors (Lipinski definition) is 1. The second-order valence-corrected chi connectivity index (χ2v) is 8.31. The summed E-state index contributed by atoms with van der Waals surface area (Å²) in [5.41, 5.74) is 5.84. The largest absolute Gasteiger partial charge is 0.464 e. The van der Waals surface area contributed by atoms with E-state index in [4.69, 9.17) is 4.42 Å². The fourth-order valence-electron chi connectivity index (χ4n) is 4.11. The molecule has 5 heteroatoms. The topological polar surface area (TPSA) is 62.6 Å². The van der Waals surface area contributed by atoms with Crippen LogP contribution in [0.15, 0.2) is 47.1 Å². The number of likely N-dealkylation sites (tertiary alicyclic amines) is 1. The molecule has 0 saturated carbocycles. The maximum absolute atomic E-state index is 12.9. The van der Waals surface area contributed by atoms with E-state index in [-0.39, 0.29) is 17.9 Å². The minimum atomic E-state index is -0.0339. The Bertz CT molecular complexity index is 1090. The maximum atomic E-state index is 12.9. The van der Waals surface area contributed by atoms with Crippen molar-refractivity contribution in [2.45, 2.75) is 46.1 Å². The number of carbonyl (C=O) groups excluding carboxylic acids is 2. The molecule has 30 heavy (non-hydrogen) atoms. The van der Waals surface area contributed by atoms with Gasteiger partial charge in [0.15, 0.2) is 0 Å². The van der Waals surface area contributed by atoms with Gasteiger partial charge in [0.05, 0.1) is 12.7 Å². The van der Waals surface area contributed by atoms with Crippen molar-refractivity contribution < 1.29 is 14.0 Å². The van der Waals surface area contributed by atoms with Crippen molar-refractivity contribution in [3.05, 3.63) is 70.5 Å². The monoisotopic (exact) mass is 404 g/mol. The van der Waals surface area contributed by atoms with Crippen LogP contribution in [0.4, 0.5) is 0 Å². The van der Waals surface area contributed by atoms with Gasteiger partial charge in [0.2, 0.25) is 5.91 Å². The van der Waals surface area contributed by atoms with E-state index >= 15 is 0 Å². The van der Waals surface area contributed by atoms with Gasteiger partial charge in [-0.2, -0.15) is 0 Å². The molecule has 2 amide bonds. The minimum Gasteiger partial charge on any atom is -0.464 e. The van der Waals surface area contributed by atoms with Crippen LogP contribution in [0.25, 0.3) is 11.0 Å². The van der Waals surface area contributed by atoms with Gasteiger partial charge in [0, 0.05) is 35.6 Å². The van der Waals surface area contributed by atoms with Gasteiger partial charge >= 0.3 is 0 Å². The third-order valence-electron chi connectivity index (χ3n) is 6.18. The van der Waals surface area contributed by atoms with Crippen molar-refractivity contribution >= 4 is 22.8 Å². The number of fused-ring (bicyclic) bond motifs is 1. The summed E-state index contributed by atoms with van der Waals surface area (Å²) in [5.74, 6) is 0.0769. The van der Waals surface area contributed by atoms with Crippen LogP contribution >= 0.6 is 0 Å². The summed E-state index contributed by atoms with van der Waals surface area (Å²) >= 11 is 0. The van der Waals surface area contributed by atoms with Gasteiger partial charge in [0.25, 0.3) is 5.91 Å². The zero-order chi connectivity index (χ0) is 21.3. The van der Waals surface area contributed by atoms with Crippen molar-refractivity contribution in [3.63, 3.8) is 0 Å². The molecule has 1 aromatic heterocycles. The lowest BCUT2D eigenvalue weighted by molar-refractivity contribution is -0.131. The molecule has 5 nitrogen and oxygen atoms in total. The Morgan fingerprint density at radius 3 is 2.47 bits per heavy atom. The van der Waals surface area contributed by atoms with E-state index in [1.807, 2.05) is 42.2 Å². The van der Waals surface area contributed by atoms with Gasteiger partial charge in [-0.05, 0) is 68.5 Å². The number of benzene rings is 2. The molecule has 2 aromatic carbocycles. The van der Waals surface area contributed by atoms with Crippen molar-refractivity contribution in [3.8, 4) is 0 Å². The second kappa shape index (κ2) is 8.34. The van der Waals surface area contributed by atoms with Gasteiger partial charge in [-0.3, -0.25) is 9.59 Å². The van der Waals surface area contributed by atoms with E-state index in [1.165, 1.54) is 11.1 Å². The van der Waals surface area contributed by atoms with Crippen LogP contribution < -0.4 is 5.32 Å². The highest BCUT2D eigenvalue weighted by molar-refractivity contribution is 5.95. The van der Waals surface area contributed by atoms with E-state index in [9.17, 15) is 9.59 Å².